The average molecular weight is 607 g/mol. The third-order valence-corrected chi connectivity index (χ3v) is 8.15. The zero-order valence-electron chi connectivity index (χ0n) is 25.7. The number of pyridine rings is 1. The number of nitroso groups, excluding NO2 is 1. The molecule has 4 aromatic rings. The lowest BCUT2D eigenvalue weighted by molar-refractivity contribution is -0.126. The number of nitrogens with zero attached hydrogens (tertiary/aromatic N) is 6. The van der Waals surface area contributed by atoms with Gasteiger partial charge in [0.15, 0.2) is 5.82 Å². The van der Waals surface area contributed by atoms with Gasteiger partial charge in [-0.05, 0) is 65.6 Å². The molecule has 3 heterocycles. The van der Waals surface area contributed by atoms with Crippen LogP contribution in [0.15, 0.2) is 89.8 Å². The van der Waals surface area contributed by atoms with Crippen LogP contribution < -0.4 is 10.6 Å². The summed E-state index contributed by atoms with van der Waals surface area (Å²) in [4.78, 5) is 51.3. The average Bonchev–Trinajstić information content (AvgIpc) is 3.04. The molecule has 1 saturated heterocycles. The number of amides is 1. The van der Waals surface area contributed by atoms with Crippen molar-refractivity contribution in [1.29, 1.82) is 0 Å². The number of piperazine rings is 1. The van der Waals surface area contributed by atoms with Crippen molar-refractivity contribution in [3.63, 3.8) is 0 Å². The Labute approximate surface area is 261 Å². The SMILES string of the molecule is C=CC(=O)N1CCN(c2nc(=O)n(-c3c(C)ccnc3CCC)c(N=O)c2/C=C(/F)C(=C)c2cccc3ccccc23)[C@@H](C)C1. The molecule has 1 aliphatic rings. The van der Waals surface area contributed by atoms with Crippen LogP contribution in [0.4, 0.5) is 16.0 Å². The standard InChI is InChI=1S/C35H35FN6O3/c1-6-11-30-32(22(3)16-17-37-30)42-34(39-45)28(20-29(36)24(5)26-15-10-13-25-12-8-9-14-27(25)26)33(38-35(42)44)41-19-18-40(21-23(41)4)31(43)7-2/h7-10,12-17,20,23H,2,5-6,11,18-19,21H2,1,3-4H3/b29-20+/t23-/m0/s1. The maximum Gasteiger partial charge on any atom is 0.356 e. The maximum atomic E-state index is 16.4. The van der Waals surface area contributed by atoms with Gasteiger partial charge in [0.1, 0.15) is 11.6 Å². The second kappa shape index (κ2) is 13.2. The first-order chi connectivity index (χ1) is 21.7. The van der Waals surface area contributed by atoms with E-state index in [9.17, 15) is 14.5 Å². The fraction of sp³-hybridized carbons (Fsp3) is 0.257. The number of benzene rings is 2. The molecule has 0 radical (unpaired) electrons. The zero-order chi connectivity index (χ0) is 32.2. The van der Waals surface area contributed by atoms with Gasteiger partial charge in [-0.15, -0.1) is 4.91 Å². The second-order valence-corrected chi connectivity index (χ2v) is 11.1. The van der Waals surface area contributed by atoms with Crippen LogP contribution in [0.5, 0.6) is 0 Å². The Morgan fingerprint density at radius 2 is 1.91 bits per heavy atom. The molecule has 1 fully saturated rings. The molecular weight excluding hydrogens is 571 g/mol. The lowest BCUT2D eigenvalue weighted by Crippen LogP contribution is -2.54. The molecule has 0 aliphatic carbocycles. The number of halogens is 1. The van der Waals surface area contributed by atoms with Crippen molar-refractivity contribution in [3.05, 3.63) is 118 Å². The van der Waals surface area contributed by atoms with Crippen LogP contribution in [-0.4, -0.2) is 51.0 Å². The van der Waals surface area contributed by atoms with Gasteiger partial charge < -0.3 is 9.80 Å². The van der Waals surface area contributed by atoms with Crippen LogP contribution in [0.2, 0.25) is 0 Å². The van der Waals surface area contributed by atoms with Gasteiger partial charge >= 0.3 is 5.69 Å². The van der Waals surface area contributed by atoms with Crippen molar-refractivity contribution in [3.8, 4) is 5.69 Å². The van der Waals surface area contributed by atoms with Gasteiger partial charge in [-0.1, -0.05) is 69.0 Å². The molecule has 0 spiro atoms. The van der Waals surface area contributed by atoms with E-state index in [4.69, 9.17) is 0 Å². The number of rotatable bonds is 9. The van der Waals surface area contributed by atoms with Gasteiger partial charge in [-0.25, -0.2) is 13.8 Å². The lowest BCUT2D eigenvalue weighted by atomic mass is 9.97. The minimum Gasteiger partial charge on any atom is -0.350 e. The first-order valence-electron chi connectivity index (χ1n) is 14.9. The smallest absolute Gasteiger partial charge is 0.350 e. The van der Waals surface area contributed by atoms with Crippen molar-refractivity contribution in [2.75, 3.05) is 24.5 Å². The predicted octanol–water partition coefficient (Wildman–Crippen LogP) is 6.69. The van der Waals surface area contributed by atoms with E-state index in [1.807, 2.05) is 57.2 Å². The molecule has 1 aliphatic heterocycles. The fourth-order valence-electron chi connectivity index (χ4n) is 5.92. The summed E-state index contributed by atoms with van der Waals surface area (Å²) in [5.74, 6) is -1.12. The summed E-state index contributed by atoms with van der Waals surface area (Å²) < 4.78 is 17.5. The molecule has 0 N–H and O–H groups in total. The molecule has 230 valence electrons. The third kappa shape index (κ3) is 5.95. The molecule has 2 aromatic carbocycles. The van der Waals surface area contributed by atoms with Gasteiger partial charge in [0.05, 0.1) is 16.9 Å². The Kier molecular flexibility index (Phi) is 9.13. The van der Waals surface area contributed by atoms with Crippen LogP contribution in [0, 0.1) is 11.8 Å². The van der Waals surface area contributed by atoms with Crippen LogP contribution in [0.3, 0.4) is 0 Å². The van der Waals surface area contributed by atoms with Crippen molar-refractivity contribution < 1.29 is 9.18 Å². The van der Waals surface area contributed by atoms with Crippen LogP contribution >= 0.6 is 0 Å². The maximum absolute atomic E-state index is 16.4. The normalized spacial score (nSPS) is 15.3. The van der Waals surface area contributed by atoms with Crippen LogP contribution in [0.25, 0.3) is 28.1 Å². The van der Waals surface area contributed by atoms with E-state index >= 15 is 4.39 Å². The third-order valence-electron chi connectivity index (χ3n) is 8.15. The van der Waals surface area contributed by atoms with Gasteiger partial charge in [-0.2, -0.15) is 4.98 Å². The first-order valence-corrected chi connectivity index (χ1v) is 14.9. The molecule has 0 unspecified atom stereocenters. The Bertz CT molecular complexity index is 1910. The van der Waals surface area contributed by atoms with Gasteiger partial charge in [-0.3, -0.25) is 9.78 Å². The van der Waals surface area contributed by atoms with E-state index in [1.165, 1.54) is 12.2 Å². The Balaban J connectivity index is 1.74. The van der Waals surface area contributed by atoms with E-state index in [0.717, 1.165) is 21.8 Å². The largest absolute Gasteiger partial charge is 0.356 e. The molecule has 2 aromatic heterocycles. The number of carbonyl (C=O) groups is 1. The minimum absolute atomic E-state index is 0.0320. The number of aromatic nitrogens is 3. The number of anilines is 1. The van der Waals surface area contributed by atoms with Crippen LogP contribution in [0.1, 0.15) is 42.7 Å². The molecular formula is C35H35FN6O3. The molecule has 5 rings (SSSR count). The summed E-state index contributed by atoms with van der Waals surface area (Å²) in [7, 11) is 0. The molecule has 9 nitrogen and oxygen atoms in total. The quantitative estimate of drug-likeness (QED) is 0.120. The highest BCUT2D eigenvalue weighted by molar-refractivity contribution is 5.98. The predicted molar refractivity (Wildman–Crippen MR) is 177 cm³/mol. The van der Waals surface area contributed by atoms with Gasteiger partial charge in [0.25, 0.3) is 0 Å². The van der Waals surface area contributed by atoms with E-state index in [0.29, 0.717) is 42.0 Å². The van der Waals surface area contributed by atoms with E-state index in [-0.39, 0.29) is 41.3 Å². The number of aryl methyl sites for hydroxylation is 2. The Morgan fingerprint density at radius 1 is 1.16 bits per heavy atom. The highest BCUT2D eigenvalue weighted by atomic mass is 19.1. The van der Waals surface area contributed by atoms with Gasteiger partial charge in [0, 0.05) is 37.4 Å². The van der Waals surface area contributed by atoms with E-state index < -0.39 is 11.5 Å². The van der Waals surface area contributed by atoms with Crippen LogP contribution in [-0.2, 0) is 11.2 Å². The van der Waals surface area contributed by atoms with Crippen molar-refractivity contribution >= 4 is 40.0 Å². The van der Waals surface area contributed by atoms with Crippen molar-refractivity contribution in [1.82, 2.24) is 19.4 Å². The Hall–Kier alpha value is -5.25. The highest BCUT2D eigenvalue weighted by Crippen LogP contribution is 2.37. The second-order valence-electron chi connectivity index (χ2n) is 11.1. The summed E-state index contributed by atoms with van der Waals surface area (Å²) >= 11 is 0. The summed E-state index contributed by atoms with van der Waals surface area (Å²) in [6.45, 7) is 14.2. The van der Waals surface area contributed by atoms with Crippen molar-refractivity contribution in [2.45, 2.75) is 39.7 Å². The summed E-state index contributed by atoms with van der Waals surface area (Å²) in [5, 5.41) is 5.06. The summed E-state index contributed by atoms with van der Waals surface area (Å²) in [5.41, 5.74) is 1.67. The fourth-order valence-corrected chi connectivity index (χ4v) is 5.92. The monoisotopic (exact) mass is 606 g/mol. The lowest BCUT2D eigenvalue weighted by Gasteiger charge is -2.40. The van der Waals surface area contributed by atoms with Crippen molar-refractivity contribution in [2.24, 2.45) is 5.18 Å². The number of carbonyl (C=O) groups excluding carboxylic acids is 1. The number of hydrogen-bond acceptors (Lipinski definition) is 7. The van der Waals surface area contributed by atoms with E-state index in [1.54, 1.807) is 28.1 Å². The zero-order valence-corrected chi connectivity index (χ0v) is 25.7. The summed E-state index contributed by atoms with van der Waals surface area (Å²) in [6.07, 6.45) is 5.36. The number of fused-ring (bicyclic) bond motifs is 1. The first kappa shape index (κ1) is 31.2. The molecule has 45 heavy (non-hydrogen) atoms. The molecule has 0 saturated carbocycles. The topological polar surface area (TPSA) is 101 Å². The molecule has 0 bridgehead atoms. The summed E-state index contributed by atoms with van der Waals surface area (Å²) in [6, 6.07) is 14.6. The molecule has 10 heteroatoms. The highest BCUT2D eigenvalue weighted by Gasteiger charge is 2.31. The molecule has 1 amide bonds. The number of allylic oxidation sites excluding steroid dienone is 2. The Morgan fingerprint density at radius 3 is 2.62 bits per heavy atom. The number of hydrogen-bond donors (Lipinski definition) is 0. The minimum atomic E-state index is -0.740. The molecule has 1 atom stereocenters. The van der Waals surface area contributed by atoms with E-state index in [2.05, 4.69) is 28.3 Å². The van der Waals surface area contributed by atoms with Gasteiger partial charge in [0.2, 0.25) is 5.91 Å².